The molecule has 5 nitrogen and oxygen atoms in total. The maximum atomic E-state index is 12.5. The van der Waals surface area contributed by atoms with Gasteiger partial charge in [0.05, 0.1) is 7.11 Å². The third kappa shape index (κ3) is 7.73. The molecule has 0 spiro atoms. The molecule has 2 aromatic carbocycles. The van der Waals surface area contributed by atoms with Crippen molar-refractivity contribution in [3.8, 4) is 0 Å². The van der Waals surface area contributed by atoms with Crippen LogP contribution in [0.4, 0.5) is 4.79 Å². The lowest BCUT2D eigenvalue weighted by Gasteiger charge is -2.41. The van der Waals surface area contributed by atoms with Gasteiger partial charge in [-0.25, -0.2) is 9.10 Å². The highest BCUT2D eigenvalue weighted by Crippen LogP contribution is 2.30. The van der Waals surface area contributed by atoms with E-state index in [1.807, 2.05) is 16.8 Å². The first-order chi connectivity index (χ1) is 17.1. The molecule has 2 aliphatic rings. The lowest BCUT2D eigenvalue weighted by molar-refractivity contribution is 0.0602. The monoisotopic (exact) mass is 495 g/mol. The molecule has 6 heteroatoms. The summed E-state index contributed by atoms with van der Waals surface area (Å²) in [6, 6.07) is 21.9. The second kappa shape index (κ2) is 13.3. The third-order valence-corrected chi connectivity index (χ3v) is 8.58. The van der Waals surface area contributed by atoms with Gasteiger partial charge in [0.25, 0.3) is 0 Å². The largest absolute Gasteiger partial charge is 0.453 e. The number of methoxy groups -OCH3 is 1. The Balaban J connectivity index is 1.29. The number of hydrogen-bond acceptors (Lipinski definition) is 5. The van der Waals surface area contributed by atoms with Crippen molar-refractivity contribution in [2.75, 3.05) is 46.9 Å². The number of likely N-dealkylation sites (N-methyl/N-ethyl adjacent to an activating group) is 1. The smallest absolute Gasteiger partial charge is 0.409 e. The van der Waals surface area contributed by atoms with Crippen molar-refractivity contribution in [1.82, 2.24) is 14.1 Å². The van der Waals surface area contributed by atoms with Crippen LogP contribution in [0, 0.1) is 5.92 Å². The number of carbonyl (C=O) groups excluding carboxylic acids is 1. The van der Waals surface area contributed by atoms with E-state index in [2.05, 4.69) is 76.9 Å². The van der Waals surface area contributed by atoms with Crippen LogP contribution in [0.15, 0.2) is 65.6 Å². The average Bonchev–Trinajstić information content (AvgIpc) is 2.87. The van der Waals surface area contributed by atoms with E-state index >= 15 is 0 Å². The minimum Gasteiger partial charge on any atom is -0.453 e. The Kier molecular flexibility index (Phi) is 9.93. The summed E-state index contributed by atoms with van der Waals surface area (Å²) in [6.07, 6.45) is 6.90. The lowest BCUT2D eigenvalue weighted by atomic mass is 9.84. The molecule has 2 fully saturated rings. The molecule has 1 heterocycles. The van der Waals surface area contributed by atoms with E-state index in [-0.39, 0.29) is 6.09 Å². The Morgan fingerprint density at radius 1 is 1.03 bits per heavy atom. The molecule has 1 amide bonds. The number of amides is 1. The van der Waals surface area contributed by atoms with Crippen LogP contribution in [0.5, 0.6) is 0 Å². The Labute approximate surface area is 215 Å². The topological polar surface area (TPSA) is 36.0 Å². The van der Waals surface area contributed by atoms with Gasteiger partial charge in [0.15, 0.2) is 0 Å². The summed E-state index contributed by atoms with van der Waals surface area (Å²) in [5, 5.41) is 0. The van der Waals surface area contributed by atoms with Gasteiger partial charge in [-0.1, -0.05) is 55.0 Å². The number of nitrogens with zero attached hydrogens (tertiary/aromatic N) is 3. The van der Waals surface area contributed by atoms with Crippen LogP contribution in [-0.4, -0.2) is 73.1 Å². The normalized spacial score (nSPS) is 18.3. The Morgan fingerprint density at radius 3 is 2.29 bits per heavy atom. The maximum absolute atomic E-state index is 12.5. The highest BCUT2D eigenvalue weighted by atomic mass is 32.2. The van der Waals surface area contributed by atoms with Gasteiger partial charge in [0, 0.05) is 37.1 Å². The van der Waals surface area contributed by atoms with E-state index in [4.69, 9.17) is 4.74 Å². The first kappa shape index (κ1) is 26.1. The van der Waals surface area contributed by atoms with E-state index in [9.17, 15) is 4.79 Å². The van der Waals surface area contributed by atoms with Crippen molar-refractivity contribution in [2.24, 2.45) is 5.92 Å². The highest BCUT2D eigenvalue weighted by Gasteiger charge is 2.32. The number of benzene rings is 2. The summed E-state index contributed by atoms with van der Waals surface area (Å²) in [6.45, 7) is 5.09. The molecule has 0 radical (unpaired) electrons. The van der Waals surface area contributed by atoms with Crippen LogP contribution in [-0.2, 0) is 4.74 Å². The molecule has 0 N–H and O–H groups in total. The zero-order valence-electron chi connectivity index (χ0n) is 21.4. The molecule has 0 bridgehead atoms. The third-order valence-electron chi connectivity index (χ3n) is 7.63. The molecule has 1 aliphatic carbocycles. The summed E-state index contributed by atoms with van der Waals surface area (Å²) in [5.74, 6) is 1.16. The van der Waals surface area contributed by atoms with Crippen molar-refractivity contribution in [2.45, 2.75) is 55.4 Å². The Bertz CT molecular complexity index is 885. The van der Waals surface area contributed by atoms with Crippen molar-refractivity contribution in [1.29, 1.82) is 0 Å². The van der Waals surface area contributed by atoms with E-state index in [0.717, 1.165) is 52.0 Å². The zero-order valence-corrected chi connectivity index (χ0v) is 22.2. The molecule has 1 saturated heterocycles. The first-order valence-electron chi connectivity index (χ1n) is 13.2. The minimum absolute atomic E-state index is 0.140. The van der Waals surface area contributed by atoms with Crippen LogP contribution < -0.4 is 0 Å². The van der Waals surface area contributed by atoms with E-state index in [0.29, 0.717) is 17.9 Å². The molecule has 1 atom stereocenters. The highest BCUT2D eigenvalue weighted by molar-refractivity contribution is 7.97. The predicted molar refractivity (Wildman–Crippen MR) is 145 cm³/mol. The Hall–Kier alpha value is -2.02. The number of carbonyl (C=O) groups is 1. The van der Waals surface area contributed by atoms with Gasteiger partial charge >= 0.3 is 6.09 Å². The number of rotatable bonds is 11. The van der Waals surface area contributed by atoms with Gasteiger partial charge in [-0.2, -0.15) is 0 Å². The summed E-state index contributed by atoms with van der Waals surface area (Å²) >= 11 is 1.82. The molecule has 4 rings (SSSR count). The number of piperidine rings is 1. The van der Waals surface area contributed by atoms with E-state index in [1.54, 1.807) is 0 Å². The summed E-state index contributed by atoms with van der Waals surface area (Å²) in [4.78, 5) is 18.4. The second-order valence-electron chi connectivity index (χ2n) is 10.1. The van der Waals surface area contributed by atoms with Crippen molar-refractivity contribution in [3.05, 3.63) is 66.2 Å². The molecule has 1 unspecified atom stereocenters. The van der Waals surface area contributed by atoms with Crippen LogP contribution in [0.2, 0.25) is 0 Å². The van der Waals surface area contributed by atoms with E-state index in [1.165, 1.54) is 36.8 Å². The van der Waals surface area contributed by atoms with Crippen LogP contribution in [0.1, 0.15) is 50.0 Å². The minimum atomic E-state index is -0.140. The first-order valence-corrected chi connectivity index (χ1v) is 14.0. The van der Waals surface area contributed by atoms with Gasteiger partial charge in [-0.15, -0.1) is 0 Å². The molecule has 1 aliphatic heterocycles. The van der Waals surface area contributed by atoms with Crippen LogP contribution >= 0.6 is 11.9 Å². The maximum Gasteiger partial charge on any atom is 0.409 e. The summed E-state index contributed by atoms with van der Waals surface area (Å²) < 4.78 is 7.51. The van der Waals surface area contributed by atoms with Crippen molar-refractivity contribution < 1.29 is 9.53 Å². The fraction of sp³-hybridized carbons (Fsp3) is 0.552. The van der Waals surface area contributed by atoms with Crippen LogP contribution in [0.25, 0.3) is 0 Å². The lowest BCUT2D eigenvalue weighted by Crippen LogP contribution is -2.49. The van der Waals surface area contributed by atoms with Crippen LogP contribution in [0.3, 0.4) is 0 Å². The van der Waals surface area contributed by atoms with Gasteiger partial charge < -0.3 is 14.5 Å². The summed E-state index contributed by atoms with van der Waals surface area (Å²) in [7, 11) is 3.71. The number of hydrogen-bond donors (Lipinski definition) is 0. The number of ether oxygens (including phenoxy) is 1. The molecule has 35 heavy (non-hydrogen) atoms. The van der Waals surface area contributed by atoms with Crippen molar-refractivity contribution >= 4 is 18.0 Å². The molecular weight excluding hydrogens is 454 g/mol. The molecule has 0 aromatic heterocycles. The fourth-order valence-electron chi connectivity index (χ4n) is 5.33. The van der Waals surface area contributed by atoms with Gasteiger partial charge in [-0.3, -0.25) is 0 Å². The van der Waals surface area contributed by atoms with E-state index < -0.39 is 0 Å². The zero-order chi connectivity index (χ0) is 24.5. The summed E-state index contributed by atoms with van der Waals surface area (Å²) in [5.41, 5.74) is 1.42. The SMILES string of the molecule is COC(=O)N(CC1CCC1)C1CCN(CCC(CN(C)Sc2ccccc2)c2ccccc2)CC1. The predicted octanol–water partition coefficient (Wildman–Crippen LogP) is 6.13. The second-order valence-corrected chi connectivity index (χ2v) is 11.4. The molecule has 2 aromatic rings. The standard InChI is InChI=1S/C29H41N3O2S/c1-30(35-28-14-7-4-8-15-28)23-26(25-12-5-3-6-13-25)16-19-31-20-17-27(18-21-31)32(29(33)34-2)22-24-10-9-11-24/h3-8,12-15,24,26-27H,9-11,16-23H2,1-2H3. The molecule has 190 valence electrons. The van der Waals surface area contributed by atoms with Crippen molar-refractivity contribution in [3.63, 3.8) is 0 Å². The van der Waals surface area contributed by atoms with Gasteiger partial charge in [0.2, 0.25) is 0 Å². The average molecular weight is 496 g/mol. The van der Waals surface area contributed by atoms with Gasteiger partial charge in [-0.05, 0) is 87.2 Å². The Morgan fingerprint density at radius 2 is 1.69 bits per heavy atom. The molecule has 1 saturated carbocycles. The number of likely N-dealkylation sites (tertiary alicyclic amines) is 1. The van der Waals surface area contributed by atoms with Gasteiger partial charge in [0.1, 0.15) is 0 Å². The quantitative estimate of drug-likeness (QED) is 0.350. The molecular formula is C29H41N3O2S. The fourth-order valence-corrected chi connectivity index (χ4v) is 6.23.